The van der Waals surface area contributed by atoms with Gasteiger partial charge in [0.05, 0.1) is 24.5 Å². The molecule has 0 aliphatic carbocycles. The highest BCUT2D eigenvalue weighted by molar-refractivity contribution is 7.99. The second-order valence-electron chi connectivity index (χ2n) is 4.56. The normalized spacial score (nSPS) is 10.6. The zero-order valence-electron chi connectivity index (χ0n) is 12.8. The summed E-state index contributed by atoms with van der Waals surface area (Å²) >= 11 is 1.22. The molecule has 0 fully saturated rings. The SMILES string of the molecule is COc1cc2c(Sc3ncccn3)nccc2c([N+](=O)[O-])c1OC. The Labute approximate surface area is 141 Å². The lowest BCUT2D eigenvalue weighted by Crippen LogP contribution is -1.99. The summed E-state index contributed by atoms with van der Waals surface area (Å²) in [7, 11) is 2.79. The Hall–Kier alpha value is -2.94. The van der Waals surface area contributed by atoms with Gasteiger partial charge in [-0.2, -0.15) is 0 Å². The number of fused-ring (bicyclic) bond motifs is 1. The van der Waals surface area contributed by atoms with Crippen LogP contribution in [0.25, 0.3) is 10.8 Å². The minimum Gasteiger partial charge on any atom is -0.493 e. The molecule has 0 saturated carbocycles. The number of nitrogens with zero attached hydrogens (tertiary/aromatic N) is 4. The van der Waals surface area contributed by atoms with Crippen molar-refractivity contribution in [3.63, 3.8) is 0 Å². The number of methoxy groups -OCH3 is 2. The molecule has 8 nitrogen and oxygen atoms in total. The quantitative estimate of drug-likeness (QED) is 0.395. The molecular formula is C15H12N4O4S. The van der Waals surface area contributed by atoms with E-state index in [1.807, 2.05) is 0 Å². The van der Waals surface area contributed by atoms with E-state index < -0.39 is 4.92 Å². The van der Waals surface area contributed by atoms with Crippen molar-refractivity contribution in [2.45, 2.75) is 10.2 Å². The lowest BCUT2D eigenvalue weighted by Gasteiger charge is -2.12. The van der Waals surface area contributed by atoms with Crippen molar-refractivity contribution in [1.82, 2.24) is 15.0 Å². The van der Waals surface area contributed by atoms with Crippen molar-refractivity contribution in [3.8, 4) is 11.5 Å². The Balaban J connectivity index is 2.26. The van der Waals surface area contributed by atoms with Crippen LogP contribution in [0.3, 0.4) is 0 Å². The number of hydrogen-bond donors (Lipinski definition) is 0. The highest BCUT2D eigenvalue weighted by Crippen LogP contribution is 2.45. The van der Waals surface area contributed by atoms with Crippen LogP contribution in [0.2, 0.25) is 0 Å². The third-order valence-corrected chi connectivity index (χ3v) is 4.17. The minimum atomic E-state index is -0.489. The van der Waals surface area contributed by atoms with Crippen LogP contribution in [0.15, 0.2) is 47.0 Å². The van der Waals surface area contributed by atoms with Crippen LogP contribution in [0, 0.1) is 10.1 Å². The van der Waals surface area contributed by atoms with Gasteiger partial charge in [0.2, 0.25) is 5.75 Å². The molecular weight excluding hydrogens is 332 g/mol. The molecule has 3 aromatic rings. The highest BCUT2D eigenvalue weighted by atomic mass is 32.2. The maximum Gasteiger partial charge on any atom is 0.322 e. The van der Waals surface area contributed by atoms with Gasteiger partial charge in [-0.25, -0.2) is 15.0 Å². The molecule has 0 unspecified atom stereocenters. The maximum atomic E-state index is 11.6. The van der Waals surface area contributed by atoms with Crippen molar-refractivity contribution in [2.24, 2.45) is 0 Å². The second kappa shape index (κ2) is 6.67. The summed E-state index contributed by atoms with van der Waals surface area (Å²) in [5.41, 5.74) is -0.162. The zero-order chi connectivity index (χ0) is 17.1. The van der Waals surface area contributed by atoms with E-state index in [0.717, 1.165) is 0 Å². The summed E-state index contributed by atoms with van der Waals surface area (Å²) in [6.07, 6.45) is 4.74. The topological polar surface area (TPSA) is 100 Å². The molecule has 2 heterocycles. The molecule has 1 aromatic carbocycles. The van der Waals surface area contributed by atoms with E-state index in [2.05, 4.69) is 15.0 Å². The number of aromatic nitrogens is 3. The number of nitro benzene ring substituents is 1. The average Bonchev–Trinajstić information content (AvgIpc) is 2.61. The first-order valence-corrected chi connectivity index (χ1v) is 7.60. The van der Waals surface area contributed by atoms with Gasteiger partial charge in [0.15, 0.2) is 10.9 Å². The van der Waals surface area contributed by atoms with Gasteiger partial charge in [0.25, 0.3) is 0 Å². The first-order chi connectivity index (χ1) is 11.7. The average molecular weight is 344 g/mol. The molecule has 122 valence electrons. The van der Waals surface area contributed by atoms with Crippen LogP contribution in [0.4, 0.5) is 5.69 Å². The Kier molecular flexibility index (Phi) is 4.43. The Bertz CT molecular complexity index is 905. The summed E-state index contributed by atoms with van der Waals surface area (Å²) in [5.74, 6) is 0.341. The fraction of sp³-hybridized carbons (Fsp3) is 0.133. The lowest BCUT2D eigenvalue weighted by molar-refractivity contribution is -0.384. The summed E-state index contributed by atoms with van der Waals surface area (Å²) < 4.78 is 10.4. The van der Waals surface area contributed by atoms with E-state index in [9.17, 15) is 10.1 Å². The largest absolute Gasteiger partial charge is 0.493 e. The molecule has 0 N–H and O–H groups in total. The number of hydrogen-bond acceptors (Lipinski definition) is 8. The van der Waals surface area contributed by atoms with Crippen LogP contribution >= 0.6 is 11.8 Å². The summed E-state index contributed by atoms with van der Waals surface area (Å²) in [5, 5.41) is 13.6. The molecule has 24 heavy (non-hydrogen) atoms. The second-order valence-corrected chi connectivity index (χ2v) is 5.52. The van der Waals surface area contributed by atoms with E-state index in [-0.39, 0.29) is 17.2 Å². The fourth-order valence-corrected chi connectivity index (χ4v) is 3.06. The highest BCUT2D eigenvalue weighted by Gasteiger charge is 2.26. The molecule has 0 atom stereocenters. The molecule has 0 aliphatic heterocycles. The van der Waals surface area contributed by atoms with E-state index in [1.54, 1.807) is 30.6 Å². The van der Waals surface area contributed by atoms with Crippen LogP contribution in [0.5, 0.6) is 11.5 Å². The first-order valence-electron chi connectivity index (χ1n) is 6.78. The molecule has 2 aromatic heterocycles. The Morgan fingerprint density at radius 3 is 2.46 bits per heavy atom. The Morgan fingerprint density at radius 1 is 1.08 bits per heavy atom. The summed E-state index contributed by atoms with van der Waals surface area (Å²) in [6.45, 7) is 0. The molecule has 0 saturated heterocycles. The van der Waals surface area contributed by atoms with Gasteiger partial charge in [-0.05, 0) is 30.0 Å². The monoisotopic (exact) mass is 344 g/mol. The van der Waals surface area contributed by atoms with Crippen molar-refractivity contribution < 1.29 is 14.4 Å². The number of ether oxygens (including phenoxy) is 2. The number of nitro groups is 1. The van der Waals surface area contributed by atoms with Crippen LogP contribution < -0.4 is 9.47 Å². The van der Waals surface area contributed by atoms with Crippen molar-refractivity contribution in [3.05, 3.63) is 46.9 Å². The van der Waals surface area contributed by atoms with E-state index >= 15 is 0 Å². The third-order valence-electron chi connectivity index (χ3n) is 3.26. The van der Waals surface area contributed by atoms with Gasteiger partial charge in [-0.1, -0.05) is 0 Å². The van der Waals surface area contributed by atoms with Gasteiger partial charge in [-0.15, -0.1) is 0 Å². The van der Waals surface area contributed by atoms with Crippen LogP contribution in [-0.2, 0) is 0 Å². The van der Waals surface area contributed by atoms with Crippen LogP contribution in [-0.4, -0.2) is 34.1 Å². The van der Waals surface area contributed by atoms with E-state index in [4.69, 9.17) is 9.47 Å². The molecule has 0 spiro atoms. The lowest BCUT2D eigenvalue weighted by atomic mass is 10.1. The molecule has 0 bridgehead atoms. The standard InChI is InChI=1S/C15H12N4O4S/c1-22-11-8-10-9(12(19(20)21)13(11)23-2)4-7-16-14(10)24-15-17-5-3-6-18-15/h3-8H,1-2H3. The molecule has 3 rings (SSSR count). The van der Waals surface area contributed by atoms with E-state index in [0.29, 0.717) is 21.0 Å². The molecule has 9 heteroatoms. The molecule has 0 amide bonds. The molecule has 0 aliphatic rings. The van der Waals surface area contributed by atoms with E-state index in [1.165, 1.54) is 32.2 Å². The van der Waals surface area contributed by atoms with Crippen molar-refractivity contribution >= 4 is 28.2 Å². The maximum absolute atomic E-state index is 11.6. The summed E-state index contributed by atoms with van der Waals surface area (Å²) in [6, 6.07) is 4.95. The van der Waals surface area contributed by atoms with Crippen molar-refractivity contribution in [1.29, 1.82) is 0 Å². The van der Waals surface area contributed by atoms with Gasteiger partial charge in [-0.3, -0.25) is 10.1 Å². The van der Waals surface area contributed by atoms with Gasteiger partial charge in [0, 0.05) is 24.0 Å². The zero-order valence-corrected chi connectivity index (χ0v) is 13.6. The minimum absolute atomic E-state index is 0.0770. The Morgan fingerprint density at radius 2 is 1.83 bits per heavy atom. The molecule has 0 radical (unpaired) electrons. The fourth-order valence-electron chi connectivity index (χ4n) is 2.27. The predicted molar refractivity (Wildman–Crippen MR) is 87.7 cm³/mol. The number of pyridine rings is 1. The number of rotatable bonds is 5. The van der Waals surface area contributed by atoms with Crippen LogP contribution in [0.1, 0.15) is 0 Å². The van der Waals surface area contributed by atoms with Crippen molar-refractivity contribution in [2.75, 3.05) is 14.2 Å². The first kappa shape index (κ1) is 15.9. The number of benzene rings is 1. The van der Waals surface area contributed by atoms with Gasteiger partial charge < -0.3 is 9.47 Å². The predicted octanol–water partition coefficient (Wildman–Crippen LogP) is 3.10. The smallest absolute Gasteiger partial charge is 0.322 e. The van der Waals surface area contributed by atoms with Gasteiger partial charge >= 0.3 is 5.69 Å². The summed E-state index contributed by atoms with van der Waals surface area (Å²) in [4.78, 5) is 23.6. The third kappa shape index (κ3) is 2.81. The van der Waals surface area contributed by atoms with Gasteiger partial charge in [0.1, 0.15) is 5.03 Å².